The quantitative estimate of drug-likeness (QED) is 0.742. The van der Waals surface area contributed by atoms with E-state index in [0.717, 1.165) is 0 Å². The van der Waals surface area contributed by atoms with Crippen LogP contribution in [0.1, 0.15) is 18.6 Å². The van der Waals surface area contributed by atoms with E-state index in [0.29, 0.717) is 17.1 Å². The van der Waals surface area contributed by atoms with Gasteiger partial charge in [-0.1, -0.05) is 18.2 Å². The molecule has 98 valence electrons. The van der Waals surface area contributed by atoms with Crippen LogP contribution in [0.15, 0.2) is 52.3 Å². The molecule has 0 amide bonds. The molecule has 1 heterocycles. The molecule has 1 N–H and O–H groups in total. The zero-order valence-corrected chi connectivity index (χ0v) is 11.0. The number of sulfone groups is 1. The molecule has 0 fully saturated rings. The number of hydrogen-bond acceptors (Lipinski definition) is 4. The zero-order chi connectivity index (χ0) is 13.6. The number of aliphatic hydroxyl groups excluding tert-OH is 1. The van der Waals surface area contributed by atoms with E-state index in [1.807, 2.05) is 0 Å². The monoisotopic (exact) mass is 276 g/mol. The van der Waals surface area contributed by atoms with Gasteiger partial charge in [-0.25, -0.2) is 8.42 Å². The summed E-state index contributed by atoms with van der Waals surface area (Å²) in [5, 5.41) is 9.56. The summed E-state index contributed by atoms with van der Waals surface area (Å²) in [7, 11) is -3.59. The van der Waals surface area contributed by atoms with Crippen LogP contribution < -0.4 is 4.74 Å². The first kappa shape index (κ1) is 12.2. The highest BCUT2D eigenvalue weighted by atomic mass is 32.2. The van der Waals surface area contributed by atoms with Crippen molar-refractivity contribution in [3.63, 3.8) is 0 Å². The molecule has 2 aromatic rings. The van der Waals surface area contributed by atoms with Gasteiger partial charge in [-0.05, 0) is 36.8 Å². The van der Waals surface area contributed by atoms with Crippen molar-refractivity contribution in [2.75, 3.05) is 0 Å². The van der Waals surface area contributed by atoms with Crippen molar-refractivity contribution in [2.45, 2.75) is 22.8 Å². The van der Waals surface area contributed by atoms with Crippen LogP contribution >= 0.6 is 0 Å². The standard InChI is InChI=1S/C14H12O4S/c1-9(15)10-6-7-12-14(8-10)19(16,17)13-5-3-2-4-11(13)18-12/h2-9,15H,1H3/t9-/m0/s1. The Morgan fingerprint density at radius 3 is 2.47 bits per heavy atom. The minimum Gasteiger partial charge on any atom is -0.455 e. The van der Waals surface area contributed by atoms with Gasteiger partial charge in [0.1, 0.15) is 21.3 Å². The van der Waals surface area contributed by atoms with E-state index >= 15 is 0 Å². The number of para-hydroxylation sites is 1. The average Bonchev–Trinajstić information content (AvgIpc) is 2.38. The summed E-state index contributed by atoms with van der Waals surface area (Å²) in [5.41, 5.74) is 0.547. The molecule has 1 aliphatic heterocycles. The van der Waals surface area contributed by atoms with Crippen molar-refractivity contribution in [1.29, 1.82) is 0 Å². The molecule has 0 aromatic heterocycles. The van der Waals surface area contributed by atoms with Crippen LogP contribution in [-0.4, -0.2) is 13.5 Å². The van der Waals surface area contributed by atoms with Crippen molar-refractivity contribution in [3.8, 4) is 11.5 Å². The molecule has 0 unspecified atom stereocenters. The van der Waals surface area contributed by atoms with Gasteiger partial charge in [0.25, 0.3) is 0 Å². The van der Waals surface area contributed by atoms with Crippen LogP contribution in [0.25, 0.3) is 0 Å². The third-order valence-electron chi connectivity index (χ3n) is 3.10. The Bertz CT molecular complexity index is 748. The van der Waals surface area contributed by atoms with Crippen LogP contribution in [0, 0.1) is 0 Å². The van der Waals surface area contributed by atoms with E-state index in [4.69, 9.17) is 4.74 Å². The molecule has 0 aliphatic carbocycles. The second kappa shape index (κ2) is 4.08. The third-order valence-corrected chi connectivity index (χ3v) is 4.91. The number of aliphatic hydroxyl groups is 1. The second-order valence-electron chi connectivity index (χ2n) is 4.43. The maximum Gasteiger partial charge on any atom is 0.213 e. The minimum absolute atomic E-state index is 0.101. The Balaban J connectivity index is 2.26. The first-order chi connectivity index (χ1) is 9.00. The number of ether oxygens (including phenoxy) is 1. The Kier molecular flexibility index (Phi) is 2.62. The molecule has 1 aliphatic rings. The fraction of sp³-hybridized carbons (Fsp3) is 0.143. The van der Waals surface area contributed by atoms with Gasteiger partial charge in [0.05, 0.1) is 6.10 Å². The number of benzene rings is 2. The van der Waals surface area contributed by atoms with Crippen molar-refractivity contribution < 1.29 is 18.3 Å². The van der Waals surface area contributed by atoms with E-state index in [1.54, 1.807) is 37.3 Å². The van der Waals surface area contributed by atoms with Crippen LogP contribution in [0.2, 0.25) is 0 Å². The predicted molar refractivity (Wildman–Crippen MR) is 69.0 cm³/mol. The zero-order valence-electron chi connectivity index (χ0n) is 10.2. The van der Waals surface area contributed by atoms with Crippen LogP contribution in [0.3, 0.4) is 0 Å². The lowest BCUT2D eigenvalue weighted by atomic mass is 10.1. The van der Waals surface area contributed by atoms with E-state index in [9.17, 15) is 13.5 Å². The molecule has 1 atom stereocenters. The molecule has 19 heavy (non-hydrogen) atoms. The highest BCUT2D eigenvalue weighted by Crippen LogP contribution is 2.42. The van der Waals surface area contributed by atoms with Crippen LogP contribution in [0.5, 0.6) is 11.5 Å². The van der Waals surface area contributed by atoms with E-state index in [1.165, 1.54) is 12.1 Å². The van der Waals surface area contributed by atoms with Gasteiger partial charge in [0.2, 0.25) is 9.84 Å². The van der Waals surface area contributed by atoms with Crippen molar-refractivity contribution >= 4 is 9.84 Å². The maximum atomic E-state index is 12.5. The highest BCUT2D eigenvalue weighted by Gasteiger charge is 2.31. The normalized spacial score (nSPS) is 16.9. The van der Waals surface area contributed by atoms with E-state index in [2.05, 4.69) is 0 Å². The summed E-state index contributed by atoms with van der Waals surface area (Å²) in [4.78, 5) is 0.259. The summed E-state index contributed by atoms with van der Waals surface area (Å²) >= 11 is 0. The van der Waals surface area contributed by atoms with Crippen molar-refractivity contribution in [3.05, 3.63) is 48.0 Å². The lowest BCUT2D eigenvalue weighted by Crippen LogP contribution is -2.11. The Hall–Kier alpha value is -1.85. The maximum absolute atomic E-state index is 12.5. The molecule has 2 aromatic carbocycles. The molecule has 0 radical (unpaired) electrons. The van der Waals surface area contributed by atoms with Crippen molar-refractivity contribution in [2.24, 2.45) is 0 Å². The van der Waals surface area contributed by atoms with Crippen LogP contribution in [0.4, 0.5) is 0 Å². The average molecular weight is 276 g/mol. The molecule has 0 saturated carbocycles. The molecule has 0 bridgehead atoms. The lowest BCUT2D eigenvalue weighted by Gasteiger charge is -2.21. The van der Waals surface area contributed by atoms with Gasteiger partial charge in [-0.15, -0.1) is 0 Å². The number of fused-ring (bicyclic) bond motifs is 2. The summed E-state index contributed by atoms with van der Waals surface area (Å²) in [6.07, 6.45) is -0.724. The fourth-order valence-electron chi connectivity index (χ4n) is 2.07. The summed E-state index contributed by atoms with van der Waals surface area (Å²) in [6, 6.07) is 11.2. The van der Waals surface area contributed by atoms with Gasteiger partial charge in [-0.2, -0.15) is 0 Å². The molecule has 0 saturated heterocycles. The van der Waals surface area contributed by atoms with Gasteiger partial charge in [0.15, 0.2) is 0 Å². The molecular weight excluding hydrogens is 264 g/mol. The molecule has 4 nitrogen and oxygen atoms in total. The first-order valence-corrected chi connectivity index (χ1v) is 7.32. The largest absolute Gasteiger partial charge is 0.455 e. The van der Waals surface area contributed by atoms with Gasteiger partial charge >= 0.3 is 0 Å². The van der Waals surface area contributed by atoms with E-state index < -0.39 is 15.9 Å². The topological polar surface area (TPSA) is 63.6 Å². The predicted octanol–water partition coefficient (Wildman–Crippen LogP) is 2.68. The summed E-state index contributed by atoms with van der Waals surface area (Å²) < 4.78 is 30.6. The minimum atomic E-state index is -3.59. The molecule has 5 heteroatoms. The van der Waals surface area contributed by atoms with Crippen molar-refractivity contribution in [1.82, 2.24) is 0 Å². The second-order valence-corrected chi connectivity index (χ2v) is 6.32. The number of rotatable bonds is 1. The van der Waals surface area contributed by atoms with Gasteiger partial charge < -0.3 is 9.84 Å². The van der Waals surface area contributed by atoms with E-state index in [-0.39, 0.29) is 9.79 Å². The van der Waals surface area contributed by atoms with Gasteiger partial charge in [0, 0.05) is 0 Å². The Morgan fingerprint density at radius 1 is 1.05 bits per heavy atom. The Labute approximate surface area is 111 Å². The van der Waals surface area contributed by atoms with Gasteiger partial charge in [-0.3, -0.25) is 0 Å². The first-order valence-electron chi connectivity index (χ1n) is 5.84. The molecule has 3 rings (SSSR count). The summed E-state index contributed by atoms with van der Waals surface area (Å²) in [6.45, 7) is 1.59. The smallest absolute Gasteiger partial charge is 0.213 e. The third kappa shape index (κ3) is 1.82. The lowest BCUT2D eigenvalue weighted by molar-refractivity contribution is 0.199. The highest BCUT2D eigenvalue weighted by molar-refractivity contribution is 7.91. The Morgan fingerprint density at radius 2 is 1.74 bits per heavy atom. The summed E-state index contributed by atoms with van der Waals surface area (Å²) in [5.74, 6) is 0.628. The molecular formula is C14H12O4S. The fourth-order valence-corrected chi connectivity index (χ4v) is 3.61. The molecule has 0 spiro atoms. The van der Waals surface area contributed by atoms with Crippen LogP contribution in [-0.2, 0) is 9.84 Å². The number of hydrogen-bond donors (Lipinski definition) is 1. The SMILES string of the molecule is C[C@H](O)c1ccc2c(c1)S(=O)(=O)c1ccccc1O2.